The summed E-state index contributed by atoms with van der Waals surface area (Å²) >= 11 is 0. The molecule has 4 nitrogen and oxygen atoms in total. The van der Waals surface area contributed by atoms with Gasteiger partial charge in [-0.05, 0) is 31.0 Å². The van der Waals surface area contributed by atoms with Gasteiger partial charge in [0.15, 0.2) is 0 Å². The van der Waals surface area contributed by atoms with Crippen LogP contribution in [0.3, 0.4) is 0 Å². The highest BCUT2D eigenvalue weighted by atomic mass is 19.4. The second-order valence-corrected chi connectivity index (χ2v) is 5.09. The zero-order valence-electron chi connectivity index (χ0n) is 12.5. The molecule has 1 aliphatic carbocycles. The molecule has 1 aromatic rings. The van der Waals surface area contributed by atoms with Crippen LogP contribution in [0, 0.1) is 0 Å². The fourth-order valence-corrected chi connectivity index (χ4v) is 2.20. The number of rotatable bonds is 4. The van der Waals surface area contributed by atoms with E-state index in [-0.39, 0.29) is 17.8 Å². The number of phenolic OH excluding ortho intramolecular Hbond substituents is 1. The molecular formula is C17H15F3O4. The average Bonchev–Trinajstić information content (AvgIpc) is 2.46. The van der Waals surface area contributed by atoms with Crippen molar-refractivity contribution in [3.63, 3.8) is 0 Å². The Morgan fingerprint density at radius 3 is 2.67 bits per heavy atom. The lowest BCUT2D eigenvalue weighted by atomic mass is 10.0. The molecule has 128 valence electrons. The third kappa shape index (κ3) is 4.41. The summed E-state index contributed by atoms with van der Waals surface area (Å²) in [6.45, 7) is -0.337. The first-order valence-electron chi connectivity index (χ1n) is 7.11. The third-order valence-corrected chi connectivity index (χ3v) is 3.34. The van der Waals surface area contributed by atoms with E-state index >= 15 is 0 Å². The molecule has 1 aromatic carbocycles. The van der Waals surface area contributed by atoms with E-state index in [1.807, 2.05) is 6.08 Å². The minimum Gasteiger partial charge on any atom is -0.508 e. The summed E-state index contributed by atoms with van der Waals surface area (Å²) in [7, 11) is 0. The van der Waals surface area contributed by atoms with Crippen LogP contribution in [0.15, 0.2) is 53.6 Å². The molecule has 7 heteroatoms. The molecule has 24 heavy (non-hydrogen) atoms. The van der Waals surface area contributed by atoms with Crippen LogP contribution in [0.1, 0.15) is 18.4 Å². The molecule has 0 fully saturated rings. The van der Waals surface area contributed by atoms with Crippen LogP contribution in [0.25, 0.3) is 0 Å². The van der Waals surface area contributed by atoms with E-state index in [1.165, 1.54) is 12.2 Å². The Morgan fingerprint density at radius 2 is 2.00 bits per heavy atom. The zero-order chi connectivity index (χ0) is 17.7. The highest BCUT2D eigenvalue weighted by molar-refractivity contribution is 5.92. The van der Waals surface area contributed by atoms with Crippen molar-refractivity contribution in [1.29, 1.82) is 0 Å². The van der Waals surface area contributed by atoms with Gasteiger partial charge in [0.2, 0.25) is 0 Å². The monoisotopic (exact) mass is 340 g/mol. The predicted molar refractivity (Wildman–Crippen MR) is 80.8 cm³/mol. The number of hydrogen-bond acceptors (Lipinski definition) is 3. The van der Waals surface area contributed by atoms with Crippen molar-refractivity contribution in [3.05, 3.63) is 59.2 Å². The number of phenols is 1. The van der Waals surface area contributed by atoms with Gasteiger partial charge in [-0.25, -0.2) is 4.79 Å². The van der Waals surface area contributed by atoms with Gasteiger partial charge in [0, 0.05) is 5.57 Å². The van der Waals surface area contributed by atoms with Crippen LogP contribution in [0.2, 0.25) is 0 Å². The quantitative estimate of drug-likeness (QED) is 0.867. The summed E-state index contributed by atoms with van der Waals surface area (Å²) in [4.78, 5) is 11.3. The molecule has 1 aliphatic rings. The molecule has 2 N–H and O–H groups in total. The number of aliphatic carboxylic acids is 1. The standard InChI is InChI=1S/C17H15F3O4/c18-17(19,20)14-9-12(21)7-8-15(14)24-10-11-5-3-1-2-4-6-13(11)16(22)23/h1,3,5-9,21H,2,4,10H2,(H,22,23)/b3-1+,11-5-,13-6+. The minimum absolute atomic E-state index is 0.00619. The Bertz CT molecular complexity index is 715. The number of alkyl halides is 3. The number of carboxylic acids is 1. The van der Waals surface area contributed by atoms with Gasteiger partial charge in [-0.1, -0.05) is 24.3 Å². The van der Waals surface area contributed by atoms with Gasteiger partial charge in [-0.15, -0.1) is 0 Å². The highest BCUT2D eigenvalue weighted by Crippen LogP contribution is 2.38. The molecular weight excluding hydrogens is 325 g/mol. The van der Waals surface area contributed by atoms with Gasteiger partial charge in [0.05, 0.1) is 5.57 Å². The zero-order valence-corrected chi connectivity index (χ0v) is 12.5. The smallest absolute Gasteiger partial charge is 0.420 e. The predicted octanol–water partition coefficient (Wildman–Crippen LogP) is 4.08. The van der Waals surface area contributed by atoms with Crippen LogP contribution in [-0.4, -0.2) is 22.8 Å². The van der Waals surface area contributed by atoms with Crippen LogP contribution in [0.4, 0.5) is 13.2 Å². The molecule has 0 saturated carbocycles. The fraction of sp³-hybridized carbons (Fsp3) is 0.235. The van der Waals surface area contributed by atoms with E-state index < -0.39 is 29.2 Å². The van der Waals surface area contributed by atoms with Gasteiger partial charge in [-0.2, -0.15) is 13.2 Å². The van der Waals surface area contributed by atoms with E-state index in [2.05, 4.69) is 0 Å². The fourth-order valence-electron chi connectivity index (χ4n) is 2.20. The maximum absolute atomic E-state index is 13.0. The Kier molecular flexibility index (Phi) is 5.33. The second kappa shape index (κ2) is 7.25. The summed E-state index contributed by atoms with van der Waals surface area (Å²) in [5.74, 6) is -2.17. The Morgan fingerprint density at radius 1 is 1.25 bits per heavy atom. The van der Waals surface area contributed by atoms with Crippen molar-refractivity contribution in [2.75, 3.05) is 6.61 Å². The number of allylic oxidation sites excluding steroid dienone is 4. The van der Waals surface area contributed by atoms with E-state index in [9.17, 15) is 28.2 Å². The summed E-state index contributed by atoms with van der Waals surface area (Å²) in [6.07, 6.45) is 3.00. The normalized spacial score (nSPS) is 20.8. The largest absolute Gasteiger partial charge is 0.508 e. The Hall–Kier alpha value is -2.70. The van der Waals surface area contributed by atoms with Crippen molar-refractivity contribution in [3.8, 4) is 11.5 Å². The average molecular weight is 340 g/mol. The maximum atomic E-state index is 13.0. The number of carbonyl (C=O) groups is 1. The van der Waals surface area contributed by atoms with Gasteiger partial charge >= 0.3 is 12.1 Å². The summed E-state index contributed by atoms with van der Waals surface area (Å²) in [5, 5.41) is 18.5. The molecule has 0 aliphatic heterocycles. The summed E-state index contributed by atoms with van der Waals surface area (Å²) in [6, 6.07) is 2.64. The van der Waals surface area contributed by atoms with Crippen molar-refractivity contribution in [1.82, 2.24) is 0 Å². The van der Waals surface area contributed by atoms with Gasteiger partial charge in [-0.3, -0.25) is 0 Å². The van der Waals surface area contributed by atoms with Crippen LogP contribution >= 0.6 is 0 Å². The lowest BCUT2D eigenvalue weighted by molar-refractivity contribution is -0.139. The SMILES string of the molecule is O=C(O)C1=C/CC/C=C/C=C\1COc1ccc(O)cc1C(F)(F)F. The molecule has 0 saturated heterocycles. The number of halogens is 3. The second-order valence-electron chi connectivity index (χ2n) is 5.09. The first kappa shape index (κ1) is 17.7. The van der Waals surface area contributed by atoms with Gasteiger partial charge in [0.25, 0.3) is 0 Å². The molecule has 2 rings (SSSR count). The van der Waals surface area contributed by atoms with E-state index in [0.717, 1.165) is 12.1 Å². The first-order chi connectivity index (χ1) is 11.3. The van der Waals surface area contributed by atoms with Crippen molar-refractivity contribution >= 4 is 5.97 Å². The first-order valence-corrected chi connectivity index (χ1v) is 7.11. The molecule has 0 unspecified atom stereocenters. The third-order valence-electron chi connectivity index (χ3n) is 3.34. The number of carboxylic acid groups (broad SMARTS) is 1. The minimum atomic E-state index is -4.70. The van der Waals surface area contributed by atoms with Gasteiger partial charge in [0.1, 0.15) is 23.7 Å². The van der Waals surface area contributed by atoms with Gasteiger partial charge < -0.3 is 14.9 Å². The van der Waals surface area contributed by atoms with Crippen LogP contribution < -0.4 is 4.74 Å². The number of hydrogen-bond donors (Lipinski definition) is 2. The van der Waals surface area contributed by atoms with Crippen molar-refractivity contribution in [2.45, 2.75) is 19.0 Å². The maximum Gasteiger partial charge on any atom is 0.420 e. The number of aromatic hydroxyl groups is 1. The lowest BCUT2D eigenvalue weighted by Gasteiger charge is -2.16. The molecule has 0 atom stereocenters. The van der Waals surface area contributed by atoms with Crippen molar-refractivity contribution < 1.29 is 32.9 Å². The molecule has 0 radical (unpaired) electrons. The highest BCUT2D eigenvalue weighted by Gasteiger charge is 2.35. The topological polar surface area (TPSA) is 66.8 Å². The van der Waals surface area contributed by atoms with Crippen LogP contribution in [-0.2, 0) is 11.0 Å². The Labute approximate surface area is 136 Å². The lowest BCUT2D eigenvalue weighted by Crippen LogP contribution is -2.14. The Balaban J connectivity index is 2.28. The molecule has 0 aromatic heterocycles. The number of benzene rings is 1. The molecule has 0 bridgehead atoms. The van der Waals surface area contributed by atoms with Crippen molar-refractivity contribution in [2.24, 2.45) is 0 Å². The molecule has 0 spiro atoms. The number of ether oxygens (including phenoxy) is 1. The van der Waals surface area contributed by atoms with E-state index in [4.69, 9.17) is 4.74 Å². The molecule has 0 heterocycles. The van der Waals surface area contributed by atoms with Crippen LogP contribution in [0.5, 0.6) is 11.5 Å². The summed E-state index contributed by atoms with van der Waals surface area (Å²) in [5.41, 5.74) is -0.850. The van der Waals surface area contributed by atoms with E-state index in [1.54, 1.807) is 6.08 Å². The summed E-state index contributed by atoms with van der Waals surface area (Å²) < 4.78 is 44.2. The molecule has 0 amide bonds. The van der Waals surface area contributed by atoms with E-state index in [0.29, 0.717) is 18.9 Å².